The molecule has 18 heavy (non-hydrogen) atoms. The second kappa shape index (κ2) is 5.06. The lowest BCUT2D eigenvalue weighted by molar-refractivity contribution is 0.102. The topological polar surface area (TPSA) is 49.3 Å². The number of hydrogen-bond donors (Lipinski definition) is 2. The minimum Gasteiger partial charge on any atom is -0.506 e. The van der Waals surface area contributed by atoms with Crippen molar-refractivity contribution in [2.24, 2.45) is 0 Å². The monoisotopic (exact) mass is 265 g/mol. The summed E-state index contributed by atoms with van der Waals surface area (Å²) in [5, 5.41) is 12.1. The second-order valence-electron chi connectivity index (χ2n) is 3.60. The number of carbonyl (C=O) groups is 1. The first kappa shape index (κ1) is 12.4. The van der Waals surface area contributed by atoms with Crippen molar-refractivity contribution in [2.45, 2.75) is 0 Å². The highest BCUT2D eigenvalue weighted by Crippen LogP contribution is 2.23. The van der Waals surface area contributed by atoms with Crippen LogP contribution in [-0.2, 0) is 0 Å². The highest BCUT2D eigenvalue weighted by atomic mass is 35.5. The third-order valence-corrected chi connectivity index (χ3v) is 2.56. The average molecular weight is 266 g/mol. The minimum atomic E-state index is -0.713. The van der Waals surface area contributed by atoms with Crippen LogP contribution in [0.1, 0.15) is 10.4 Å². The predicted molar refractivity (Wildman–Crippen MR) is 67.5 cm³/mol. The lowest BCUT2D eigenvalue weighted by Gasteiger charge is -2.07. The fourth-order valence-electron chi connectivity index (χ4n) is 1.44. The van der Waals surface area contributed by atoms with Gasteiger partial charge in [-0.1, -0.05) is 23.7 Å². The Hall–Kier alpha value is -2.07. The Morgan fingerprint density at radius 1 is 1.22 bits per heavy atom. The maximum atomic E-state index is 13.5. The standard InChI is InChI=1S/C13H9ClFNO2/c14-8-5-6-9(10(15)7-8)13(18)16-11-3-1-2-4-12(11)17/h1-7,17H,(H,16,18). The quantitative estimate of drug-likeness (QED) is 0.817. The number of halogens is 2. The zero-order valence-corrected chi connectivity index (χ0v) is 9.91. The molecule has 1 amide bonds. The molecule has 0 unspecified atom stereocenters. The summed E-state index contributed by atoms with van der Waals surface area (Å²) >= 11 is 5.60. The van der Waals surface area contributed by atoms with Gasteiger partial charge in [0.1, 0.15) is 11.6 Å². The number of amides is 1. The SMILES string of the molecule is O=C(Nc1ccccc1O)c1ccc(Cl)cc1F. The van der Waals surface area contributed by atoms with Crippen LogP contribution >= 0.6 is 11.6 Å². The molecule has 2 rings (SSSR count). The zero-order chi connectivity index (χ0) is 13.1. The Morgan fingerprint density at radius 2 is 1.94 bits per heavy atom. The van der Waals surface area contributed by atoms with Crippen LogP contribution < -0.4 is 5.32 Å². The number of hydrogen-bond acceptors (Lipinski definition) is 2. The highest BCUT2D eigenvalue weighted by molar-refractivity contribution is 6.30. The summed E-state index contributed by atoms with van der Waals surface area (Å²) in [6.45, 7) is 0. The van der Waals surface area contributed by atoms with Gasteiger partial charge in [-0.25, -0.2) is 4.39 Å². The van der Waals surface area contributed by atoms with Crippen LogP contribution in [-0.4, -0.2) is 11.0 Å². The maximum absolute atomic E-state index is 13.5. The van der Waals surface area contributed by atoms with E-state index in [1.807, 2.05) is 0 Å². The molecule has 2 N–H and O–H groups in total. The molecular weight excluding hydrogens is 257 g/mol. The number of nitrogens with one attached hydrogen (secondary N) is 1. The van der Waals surface area contributed by atoms with Crippen molar-refractivity contribution in [3.05, 3.63) is 58.9 Å². The third-order valence-electron chi connectivity index (χ3n) is 2.33. The largest absolute Gasteiger partial charge is 0.506 e. The first-order valence-electron chi connectivity index (χ1n) is 5.12. The fourth-order valence-corrected chi connectivity index (χ4v) is 1.60. The normalized spacial score (nSPS) is 10.1. The molecule has 2 aromatic carbocycles. The van der Waals surface area contributed by atoms with E-state index < -0.39 is 11.7 Å². The van der Waals surface area contributed by atoms with Gasteiger partial charge >= 0.3 is 0 Å². The number of phenols is 1. The Morgan fingerprint density at radius 3 is 2.61 bits per heavy atom. The van der Waals surface area contributed by atoms with Crippen LogP contribution in [0.4, 0.5) is 10.1 Å². The van der Waals surface area contributed by atoms with Gasteiger partial charge in [0.05, 0.1) is 11.3 Å². The van der Waals surface area contributed by atoms with Crippen LogP contribution in [0.15, 0.2) is 42.5 Å². The summed E-state index contributed by atoms with van der Waals surface area (Å²) < 4.78 is 13.5. The first-order chi connectivity index (χ1) is 8.58. The number of para-hydroxylation sites is 2. The van der Waals surface area contributed by atoms with Crippen LogP contribution in [0.25, 0.3) is 0 Å². The van der Waals surface area contributed by atoms with E-state index in [2.05, 4.69) is 5.32 Å². The van der Waals surface area contributed by atoms with E-state index in [0.29, 0.717) is 0 Å². The van der Waals surface area contributed by atoms with E-state index in [4.69, 9.17) is 11.6 Å². The van der Waals surface area contributed by atoms with Gasteiger partial charge in [0, 0.05) is 5.02 Å². The molecule has 3 nitrogen and oxygen atoms in total. The molecule has 0 saturated heterocycles. The van der Waals surface area contributed by atoms with E-state index >= 15 is 0 Å². The fraction of sp³-hybridized carbons (Fsp3) is 0. The maximum Gasteiger partial charge on any atom is 0.258 e. The number of benzene rings is 2. The van der Waals surface area contributed by atoms with Crippen molar-refractivity contribution >= 4 is 23.2 Å². The molecule has 0 atom stereocenters. The summed E-state index contributed by atoms with van der Waals surface area (Å²) in [4.78, 5) is 11.8. The van der Waals surface area contributed by atoms with Crippen molar-refractivity contribution < 1.29 is 14.3 Å². The molecule has 0 radical (unpaired) electrons. The lowest BCUT2D eigenvalue weighted by Crippen LogP contribution is -2.13. The molecule has 0 spiro atoms. The Bertz CT molecular complexity index is 601. The van der Waals surface area contributed by atoms with Gasteiger partial charge in [0.15, 0.2) is 0 Å². The second-order valence-corrected chi connectivity index (χ2v) is 4.03. The summed E-state index contributed by atoms with van der Waals surface area (Å²) in [7, 11) is 0. The average Bonchev–Trinajstić information content (AvgIpc) is 2.32. The van der Waals surface area contributed by atoms with Crippen LogP contribution in [0, 0.1) is 5.82 Å². The number of phenolic OH excluding ortho intramolecular Hbond substituents is 1. The van der Waals surface area contributed by atoms with E-state index in [9.17, 15) is 14.3 Å². The van der Waals surface area contributed by atoms with Crippen molar-refractivity contribution in [2.75, 3.05) is 5.32 Å². The van der Waals surface area contributed by atoms with Crippen molar-refractivity contribution in [1.29, 1.82) is 0 Å². The Balaban J connectivity index is 2.25. The van der Waals surface area contributed by atoms with Crippen molar-refractivity contribution in [1.82, 2.24) is 0 Å². The molecule has 0 fully saturated rings. The number of rotatable bonds is 2. The van der Waals surface area contributed by atoms with Gasteiger partial charge in [-0.3, -0.25) is 4.79 Å². The molecule has 0 bridgehead atoms. The molecule has 0 aliphatic heterocycles. The zero-order valence-electron chi connectivity index (χ0n) is 9.15. The lowest BCUT2D eigenvalue weighted by atomic mass is 10.2. The van der Waals surface area contributed by atoms with Gasteiger partial charge in [0.25, 0.3) is 5.91 Å². The summed E-state index contributed by atoms with van der Waals surface area (Å²) in [6, 6.07) is 9.97. The van der Waals surface area contributed by atoms with Gasteiger partial charge in [-0.2, -0.15) is 0 Å². The first-order valence-corrected chi connectivity index (χ1v) is 5.50. The minimum absolute atomic E-state index is 0.0831. The number of carbonyl (C=O) groups excluding carboxylic acids is 1. The molecule has 0 heterocycles. The molecule has 0 aromatic heterocycles. The Labute approximate surface area is 108 Å². The molecule has 0 aliphatic rings. The van der Waals surface area contributed by atoms with Crippen LogP contribution in [0.2, 0.25) is 5.02 Å². The summed E-state index contributed by atoms with van der Waals surface area (Å²) in [6.07, 6.45) is 0. The predicted octanol–water partition coefficient (Wildman–Crippen LogP) is 3.44. The van der Waals surface area contributed by atoms with Gasteiger partial charge in [-0.15, -0.1) is 0 Å². The van der Waals surface area contributed by atoms with Crippen LogP contribution in [0.3, 0.4) is 0 Å². The molecule has 0 saturated carbocycles. The molecular formula is C13H9ClFNO2. The third kappa shape index (κ3) is 2.60. The van der Waals surface area contributed by atoms with E-state index in [-0.39, 0.29) is 22.0 Å². The summed E-state index contributed by atoms with van der Waals surface area (Å²) in [5.74, 6) is -1.44. The van der Waals surface area contributed by atoms with E-state index in [1.165, 1.54) is 24.3 Å². The molecule has 0 aliphatic carbocycles. The number of anilines is 1. The van der Waals surface area contributed by atoms with Crippen LogP contribution in [0.5, 0.6) is 5.75 Å². The molecule has 5 heteroatoms. The van der Waals surface area contributed by atoms with E-state index in [1.54, 1.807) is 12.1 Å². The highest BCUT2D eigenvalue weighted by Gasteiger charge is 2.13. The molecule has 2 aromatic rings. The van der Waals surface area contributed by atoms with Gasteiger partial charge in [-0.05, 0) is 30.3 Å². The van der Waals surface area contributed by atoms with Crippen molar-refractivity contribution in [3.8, 4) is 5.75 Å². The smallest absolute Gasteiger partial charge is 0.258 e. The Kier molecular flexibility index (Phi) is 3.48. The van der Waals surface area contributed by atoms with Gasteiger partial charge < -0.3 is 10.4 Å². The molecule has 92 valence electrons. The summed E-state index contributed by atoms with van der Waals surface area (Å²) in [5.41, 5.74) is 0.0829. The van der Waals surface area contributed by atoms with Crippen molar-refractivity contribution in [3.63, 3.8) is 0 Å². The number of aromatic hydroxyl groups is 1. The van der Waals surface area contributed by atoms with E-state index in [0.717, 1.165) is 6.07 Å². The van der Waals surface area contributed by atoms with Gasteiger partial charge in [0.2, 0.25) is 0 Å².